The van der Waals surface area contributed by atoms with Gasteiger partial charge in [-0.15, -0.1) is 11.3 Å². The molecule has 1 heterocycles. The molecule has 0 spiro atoms. The lowest BCUT2D eigenvalue weighted by Gasteiger charge is -2.32. The Morgan fingerprint density at radius 1 is 1.35 bits per heavy atom. The number of thiazole rings is 1. The number of rotatable bonds is 4. The van der Waals surface area contributed by atoms with Gasteiger partial charge in [0.25, 0.3) is 0 Å². The van der Waals surface area contributed by atoms with Crippen LogP contribution in [0.4, 0.5) is 0 Å². The summed E-state index contributed by atoms with van der Waals surface area (Å²) in [4.78, 5) is 4.73. The van der Waals surface area contributed by atoms with E-state index in [0.29, 0.717) is 5.92 Å². The number of nitrogens with two attached hydrogens (primary N) is 1. The molecule has 1 aromatic heterocycles. The van der Waals surface area contributed by atoms with Gasteiger partial charge >= 0.3 is 0 Å². The van der Waals surface area contributed by atoms with Gasteiger partial charge in [0.1, 0.15) is 0 Å². The lowest BCUT2D eigenvalue weighted by Crippen LogP contribution is -2.35. The second-order valence-electron chi connectivity index (χ2n) is 6.14. The predicted octanol–water partition coefficient (Wildman–Crippen LogP) is 4.38. The first-order chi connectivity index (χ1) is 9.76. The highest BCUT2D eigenvalue weighted by atomic mass is 32.1. The van der Waals surface area contributed by atoms with Crippen LogP contribution in [0.3, 0.4) is 0 Å². The Hall–Kier alpha value is -0.930. The van der Waals surface area contributed by atoms with Gasteiger partial charge < -0.3 is 5.73 Å². The SMILES string of the molecule is CCC1CCCC(C(N)Cc2nc3ccccc3s2)C1. The summed E-state index contributed by atoms with van der Waals surface area (Å²) >= 11 is 1.81. The molecular formula is C17H24N2S. The lowest BCUT2D eigenvalue weighted by atomic mass is 9.76. The first-order valence-corrected chi connectivity index (χ1v) is 8.68. The minimum absolute atomic E-state index is 0.282. The van der Waals surface area contributed by atoms with Crippen molar-refractivity contribution in [2.75, 3.05) is 0 Å². The Morgan fingerprint density at radius 2 is 2.20 bits per heavy atom. The van der Waals surface area contributed by atoms with Crippen LogP contribution in [0, 0.1) is 11.8 Å². The summed E-state index contributed by atoms with van der Waals surface area (Å²) in [5, 5.41) is 1.21. The van der Waals surface area contributed by atoms with Crippen molar-refractivity contribution >= 4 is 21.6 Å². The average molecular weight is 288 g/mol. The summed E-state index contributed by atoms with van der Waals surface area (Å²) in [7, 11) is 0. The zero-order valence-electron chi connectivity index (χ0n) is 12.2. The monoisotopic (exact) mass is 288 g/mol. The summed E-state index contributed by atoms with van der Waals surface area (Å²) < 4.78 is 1.28. The normalized spacial score (nSPS) is 24.9. The number of aromatic nitrogens is 1. The topological polar surface area (TPSA) is 38.9 Å². The zero-order valence-corrected chi connectivity index (χ0v) is 13.0. The Balaban J connectivity index is 1.67. The standard InChI is InChI=1S/C17H24N2S/c1-2-12-6-5-7-13(10-12)14(18)11-17-19-15-8-3-4-9-16(15)20-17/h3-4,8-9,12-14H,2,5-7,10-11,18H2,1H3. The molecule has 0 saturated heterocycles. The number of nitrogens with zero attached hydrogens (tertiary/aromatic N) is 1. The number of benzene rings is 1. The predicted molar refractivity (Wildman–Crippen MR) is 87.0 cm³/mol. The molecule has 0 amide bonds. The van der Waals surface area contributed by atoms with Crippen molar-refractivity contribution in [2.45, 2.75) is 51.5 Å². The van der Waals surface area contributed by atoms with E-state index in [1.54, 1.807) is 11.3 Å². The molecular weight excluding hydrogens is 264 g/mol. The third-order valence-electron chi connectivity index (χ3n) is 4.75. The molecule has 0 bridgehead atoms. The summed E-state index contributed by atoms with van der Waals surface area (Å²) in [5.74, 6) is 1.59. The summed E-state index contributed by atoms with van der Waals surface area (Å²) in [5.41, 5.74) is 7.61. The maximum Gasteiger partial charge on any atom is 0.0954 e. The van der Waals surface area contributed by atoms with Crippen LogP contribution in [-0.2, 0) is 6.42 Å². The molecule has 2 N–H and O–H groups in total. The fourth-order valence-corrected chi connectivity index (χ4v) is 4.51. The number of para-hydroxylation sites is 1. The number of hydrogen-bond donors (Lipinski definition) is 1. The van der Waals surface area contributed by atoms with Gasteiger partial charge in [0, 0.05) is 12.5 Å². The van der Waals surface area contributed by atoms with E-state index >= 15 is 0 Å². The van der Waals surface area contributed by atoms with Gasteiger partial charge in [-0.1, -0.05) is 38.3 Å². The summed E-state index contributed by atoms with van der Waals surface area (Å²) in [6, 6.07) is 8.66. The van der Waals surface area contributed by atoms with Crippen molar-refractivity contribution in [3.05, 3.63) is 29.3 Å². The maximum atomic E-state index is 6.49. The van der Waals surface area contributed by atoms with Crippen molar-refractivity contribution in [3.63, 3.8) is 0 Å². The van der Waals surface area contributed by atoms with E-state index in [1.165, 1.54) is 41.8 Å². The molecule has 0 aliphatic heterocycles. The van der Waals surface area contributed by atoms with E-state index < -0.39 is 0 Å². The molecule has 2 nitrogen and oxygen atoms in total. The van der Waals surface area contributed by atoms with Crippen LogP contribution < -0.4 is 5.73 Å². The molecule has 3 heteroatoms. The third kappa shape index (κ3) is 3.04. The van der Waals surface area contributed by atoms with Crippen LogP contribution in [0.1, 0.15) is 44.0 Å². The van der Waals surface area contributed by atoms with Crippen molar-refractivity contribution in [2.24, 2.45) is 17.6 Å². The molecule has 3 atom stereocenters. The molecule has 3 unspecified atom stereocenters. The zero-order chi connectivity index (χ0) is 13.9. The highest BCUT2D eigenvalue weighted by Crippen LogP contribution is 2.33. The minimum atomic E-state index is 0.282. The van der Waals surface area contributed by atoms with E-state index in [1.807, 2.05) is 0 Å². The van der Waals surface area contributed by atoms with Crippen molar-refractivity contribution in [3.8, 4) is 0 Å². The molecule has 3 rings (SSSR count). The fraction of sp³-hybridized carbons (Fsp3) is 0.588. The molecule has 20 heavy (non-hydrogen) atoms. The molecule has 2 aromatic rings. The van der Waals surface area contributed by atoms with E-state index in [4.69, 9.17) is 10.7 Å². The van der Waals surface area contributed by atoms with Crippen LogP contribution in [0.15, 0.2) is 24.3 Å². The highest BCUT2D eigenvalue weighted by Gasteiger charge is 2.26. The Morgan fingerprint density at radius 3 is 3.00 bits per heavy atom. The third-order valence-corrected chi connectivity index (χ3v) is 5.81. The Bertz CT molecular complexity index is 530. The van der Waals surface area contributed by atoms with Crippen LogP contribution in [-0.4, -0.2) is 11.0 Å². The van der Waals surface area contributed by atoms with E-state index in [9.17, 15) is 0 Å². The maximum absolute atomic E-state index is 6.49. The van der Waals surface area contributed by atoms with Crippen molar-refractivity contribution < 1.29 is 0 Å². The Labute approximate surface area is 125 Å². The molecule has 1 saturated carbocycles. The largest absolute Gasteiger partial charge is 0.327 e. The smallest absolute Gasteiger partial charge is 0.0954 e. The van der Waals surface area contributed by atoms with E-state index in [2.05, 4.69) is 31.2 Å². The van der Waals surface area contributed by atoms with Gasteiger partial charge in [0.05, 0.1) is 15.2 Å². The highest BCUT2D eigenvalue weighted by molar-refractivity contribution is 7.18. The van der Waals surface area contributed by atoms with Crippen molar-refractivity contribution in [1.82, 2.24) is 4.98 Å². The average Bonchev–Trinajstić information content (AvgIpc) is 2.89. The van der Waals surface area contributed by atoms with Crippen LogP contribution in [0.2, 0.25) is 0 Å². The van der Waals surface area contributed by atoms with Crippen LogP contribution in [0.5, 0.6) is 0 Å². The number of hydrogen-bond acceptors (Lipinski definition) is 3. The fourth-order valence-electron chi connectivity index (χ4n) is 3.47. The van der Waals surface area contributed by atoms with E-state index in [-0.39, 0.29) is 6.04 Å². The number of fused-ring (bicyclic) bond motifs is 1. The molecule has 1 fully saturated rings. The second kappa shape index (κ2) is 6.23. The molecule has 108 valence electrons. The second-order valence-corrected chi connectivity index (χ2v) is 7.26. The van der Waals surface area contributed by atoms with Crippen LogP contribution in [0.25, 0.3) is 10.2 Å². The van der Waals surface area contributed by atoms with Gasteiger partial charge in [-0.2, -0.15) is 0 Å². The van der Waals surface area contributed by atoms with Gasteiger partial charge in [0.15, 0.2) is 0 Å². The van der Waals surface area contributed by atoms with Gasteiger partial charge in [0.2, 0.25) is 0 Å². The first-order valence-electron chi connectivity index (χ1n) is 7.86. The van der Waals surface area contributed by atoms with E-state index in [0.717, 1.165) is 17.9 Å². The van der Waals surface area contributed by atoms with Gasteiger partial charge in [-0.05, 0) is 36.8 Å². The summed E-state index contributed by atoms with van der Waals surface area (Å²) in [6.07, 6.45) is 7.65. The lowest BCUT2D eigenvalue weighted by molar-refractivity contribution is 0.228. The molecule has 1 aromatic carbocycles. The van der Waals surface area contributed by atoms with Crippen LogP contribution >= 0.6 is 11.3 Å². The van der Waals surface area contributed by atoms with Crippen molar-refractivity contribution in [1.29, 1.82) is 0 Å². The van der Waals surface area contributed by atoms with Gasteiger partial charge in [-0.25, -0.2) is 4.98 Å². The Kier molecular flexibility index (Phi) is 4.37. The molecule has 1 aliphatic rings. The molecule has 1 aliphatic carbocycles. The first kappa shape index (κ1) is 14.0. The van der Waals surface area contributed by atoms with Gasteiger partial charge in [-0.3, -0.25) is 0 Å². The summed E-state index contributed by atoms with van der Waals surface area (Å²) in [6.45, 7) is 2.31. The molecule has 0 radical (unpaired) electrons. The minimum Gasteiger partial charge on any atom is -0.327 e. The quantitative estimate of drug-likeness (QED) is 0.906.